The molecule has 1 aliphatic rings. The molecule has 1 fully saturated rings. The topological polar surface area (TPSA) is 41.1 Å². The Bertz CT molecular complexity index is 960. The highest BCUT2D eigenvalue weighted by molar-refractivity contribution is 5.82. The van der Waals surface area contributed by atoms with Crippen molar-refractivity contribution in [2.24, 2.45) is 0 Å². The lowest BCUT2D eigenvalue weighted by atomic mass is 9.73. The largest absolute Gasteiger partial charge is 0.416 e. The number of aromatic amines is 1. The number of hydrogen-bond acceptors (Lipinski definition) is 3. The number of likely N-dealkylation sites (tertiary alicyclic amines) is 1. The van der Waals surface area contributed by atoms with Gasteiger partial charge in [0.15, 0.2) is 0 Å². The molecule has 1 aromatic heterocycles. The molecule has 2 heterocycles. The van der Waals surface area contributed by atoms with Crippen molar-refractivity contribution in [3.63, 3.8) is 0 Å². The molecular formula is C22H24F3N3O. The SMILES string of the molecule is CN1CCC(COCc2cc(C(F)(F)F)cc3cn[nH]c23)(c2ccccc2)CC1. The summed E-state index contributed by atoms with van der Waals surface area (Å²) in [6.07, 6.45) is -1.08. The molecule has 0 aliphatic carbocycles. The minimum atomic E-state index is -4.40. The van der Waals surface area contributed by atoms with Crippen molar-refractivity contribution in [2.75, 3.05) is 26.7 Å². The summed E-state index contributed by atoms with van der Waals surface area (Å²) in [6, 6.07) is 12.5. The zero-order chi connectivity index (χ0) is 20.5. The summed E-state index contributed by atoms with van der Waals surface area (Å²) in [4.78, 5) is 2.29. The number of alkyl halides is 3. The summed E-state index contributed by atoms with van der Waals surface area (Å²) in [6.45, 7) is 2.50. The quantitative estimate of drug-likeness (QED) is 0.668. The normalized spacial score (nSPS) is 17.7. The monoisotopic (exact) mass is 403 g/mol. The summed E-state index contributed by atoms with van der Waals surface area (Å²) < 4.78 is 45.8. The maximum Gasteiger partial charge on any atom is 0.416 e. The lowest BCUT2D eigenvalue weighted by Gasteiger charge is -2.41. The van der Waals surface area contributed by atoms with Crippen LogP contribution in [0.5, 0.6) is 0 Å². The molecule has 0 atom stereocenters. The van der Waals surface area contributed by atoms with E-state index in [4.69, 9.17) is 4.74 Å². The van der Waals surface area contributed by atoms with Crippen molar-refractivity contribution in [1.82, 2.24) is 15.1 Å². The Morgan fingerprint density at radius 3 is 2.55 bits per heavy atom. The molecule has 154 valence electrons. The van der Waals surface area contributed by atoms with Crippen LogP contribution in [0.3, 0.4) is 0 Å². The van der Waals surface area contributed by atoms with E-state index in [0.29, 0.717) is 23.1 Å². The van der Waals surface area contributed by atoms with Crippen LogP contribution < -0.4 is 0 Å². The van der Waals surface area contributed by atoms with Crippen LogP contribution in [0.15, 0.2) is 48.7 Å². The zero-order valence-electron chi connectivity index (χ0n) is 16.3. The fourth-order valence-electron chi connectivity index (χ4n) is 4.12. The lowest BCUT2D eigenvalue weighted by molar-refractivity contribution is -0.137. The van der Waals surface area contributed by atoms with Gasteiger partial charge in [0.05, 0.1) is 30.5 Å². The van der Waals surface area contributed by atoms with Gasteiger partial charge in [-0.2, -0.15) is 18.3 Å². The van der Waals surface area contributed by atoms with Gasteiger partial charge in [-0.1, -0.05) is 30.3 Å². The number of ether oxygens (including phenoxy) is 1. The van der Waals surface area contributed by atoms with Crippen molar-refractivity contribution >= 4 is 10.9 Å². The average Bonchev–Trinajstić information content (AvgIpc) is 3.19. The van der Waals surface area contributed by atoms with Gasteiger partial charge < -0.3 is 9.64 Å². The molecule has 0 bridgehead atoms. The zero-order valence-corrected chi connectivity index (χ0v) is 16.3. The molecule has 1 aliphatic heterocycles. The number of fused-ring (bicyclic) bond motifs is 1. The van der Waals surface area contributed by atoms with E-state index in [9.17, 15) is 13.2 Å². The molecule has 2 aromatic carbocycles. The van der Waals surface area contributed by atoms with Gasteiger partial charge in [0.25, 0.3) is 0 Å². The number of H-pyrrole nitrogens is 1. The predicted molar refractivity (Wildman–Crippen MR) is 106 cm³/mol. The van der Waals surface area contributed by atoms with E-state index in [1.54, 1.807) is 0 Å². The van der Waals surface area contributed by atoms with Crippen LogP contribution in [0.4, 0.5) is 13.2 Å². The van der Waals surface area contributed by atoms with E-state index in [-0.39, 0.29) is 12.0 Å². The number of piperidine rings is 1. The first-order valence-corrected chi connectivity index (χ1v) is 9.72. The summed E-state index contributed by atoms with van der Waals surface area (Å²) in [5.74, 6) is 0. The maximum atomic E-state index is 13.3. The Hall–Kier alpha value is -2.38. The highest BCUT2D eigenvalue weighted by atomic mass is 19.4. The van der Waals surface area contributed by atoms with Crippen LogP contribution in [-0.4, -0.2) is 41.8 Å². The molecule has 4 rings (SSSR count). The van der Waals surface area contributed by atoms with Gasteiger partial charge in [0.2, 0.25) is 0 Å². The van der Waals surface area contributed by atoms with Crippen molar-refractivity contribution in [1.29, 1.82) is 0 Å². The van der Waals surface area contributed by atoms with Crippen molar-refractivity contribution in [2.45, 2.75) is 31.0 Å². The lowest BCUT2D eigenvalue weighted by Crippen LogP contribution is -2.43. The molecule has 0 unspecified atom stereocenters. The molecule has 0 radical (unpaired) electrons. The molecule has 1 N–H and O–H groups in total. The van der Waals surface area contributed by atoms with Gasteiger partial charge in [-0.15, -0.1) is 0 Å². The van der Waals surface area contributed by atoms with Gasteiger partial charge in [0, 0.05) is 16.4 Å². The summed E-state index contributed by atoms with van der Waals surface area (Å²) in [5.41, 5.74) is 1.49. The molecule has 3 aromatic rings. The van der Waals surface area contributed by atoms with Crippen LogP contribution in [0.1, 0.15) is 29.5 Å². The number of rotatable bonds is 5. The first kappa shape index (κ1) is 19.9. The first-order chi connectivity index (χ1) is 13.9. The standard InChI is InChI=1S/C22H24F3N3O/c1-28-9-7-21(8-10-28,18-5-3-2-4-6-18)15-29-14-17-12-19(22(23,24)25)11-16-13-26-27-20(16)17/h2-6,11-13H,7-10,14-15H2,1H3,(H,26,27). The Balaban J connectivity index is 1.56. The number of hydrogen-bond donors (Lipinski definition) is 1. The minimum absolute atomic E-state index is 0.104. The van der Waals surface area contributed by atoms with Crippen molar-refractivity contribution < 1.29 is 17.9 Å². The highest BCUT2D eigenvalue weighted by Gasteiger charge is 2.36. The summed E-state index contributed by atoms with van der Waals surface area (Å²) >= 11 is 0. The number of nitrogens with zero attached hydrogens (tertiary/aromatic N) is 2. The Morgan fingerprint density at radius 1 is 1.14 bits per heavy atom. The fourth-order valence-corrected chi connectivity index (χ4v) is 4.12. The predicted octanol–water partition coefficient (Wildman–Crippen LogP) is 4.76. The van der Waals surface area contributed by atoms with Crippen molar-refractivity contribution in [3.05, 3.63) is 65.4 Å². The maximum absolute atomic E-state index is 13.3. The molecule has 1 saturated heterocycles. The number of benzene rings is 2. The van der Waals surface area contributed by atoms with Crippen LogP contribution in [0, 0.1) is 0 Å². The first-order valence-electron chi connectivity index (χ1n) is 9.72. The van der Waals surface area contributed by atoms with E-state index in [1.165, 1.54) is 11.8 Å². The highest BCUT2D eigenvalue weighted by Crippen LogP contribution is 2.37. The molecule has 0 saturated carbocycles. The number of aromatic nitrogens is 2. The molecule has 7 heteroatoms. The second-order valence-corrected chi connectivity index (χ2v) is 7.91. The third-order valence-corrected chi connectivity index (χ3v) is 5.92. The van der Waals surface area contributed by atoms with E-state index >= 15 is 0 Å². The molecule has 29 heavy (non-hydrogen) atoms. The second-order valence-electron chi connectivity index (χ2n) is 7.91. The van der Waals surface area contributed by atoms with Crippen LogP contribution >= 0.6 is 0 Å². The van der Waals surface area contributed by atoms with E-state index < -0.39 is 11.7 Å². The molecule has 0 amide bonds. The molecular weight excluding hydrogens is 379 g/mol. The third kappa shape index (κ3) is 4.16. The second kappa shape index (κ2) is 7.80. The average molecular weight is 403 g/mol. The Morgan fingerprint density at radius 2 is 1.86 bits per heavy atom. The van der Waals surface area contributed by atoms with Crippen LogP contribution in [0.2, 0.25) is 0 Å². The minimum Gasteiger partial charge on any atom is -0.376 e. The molecule has 4 nitrogen and oxygen atoms in total. The smallest absolute Gasteiger partial charge is 0.376 e. The Kier molecular flexibility index (Phi) is 5.36. The van der Waals surface area contributed by atoms with Gasteiger partial charge >= 0.3 is 6.18 Å². The molecule has 0 spiro atoms. The number of halogens is 3. The van der Waals surface area contributed by atoms with Gasteiger partial charge in [0.1, 0.15) is 0 Å². The van der Waals surface area contributed by atoms with Gasteiger partial charge in [-0.3, -0.25) is 5.10 Å². The summed E-state index contributed by atoms with van der Waals surface area (Å²) in [7, 11) is 2.10. The van der Waals surface area contributed by atoms with E-state index in [0.717, 1.165) is 38.1 Å². The van der Waals surface area contributed by atoms with Gasteiger partial charge in [-0.05, 0) is 50.7 Å². The van der Waals surface area contributed by atoms with E-state index in [1.807, 2.05) is 18.2 Å². The third-order valence-electron chi connectivity index (χ3n) is 5.92. The van der Waals surface area contributed by atoms with Gasteiger partial charge in [-0.25, -0.2) is 0 Å². The van der Waals surface area contributed by atoms with Crippen molar-refractivity contribution in [3.8, 4) is 0 Å². The van der Waals surface area contributed by atoms with Crippen LogP contribution in [-0.2, 0) is 22.9 Å². The number of nitrogens with one attached hydrogen (secondary N) is 1. The van der Waals surface area contributed by atoms with Crippen LogP contribution in [0.25, 0.3) is 10.9 Å². The van der Waals surface area contributed by atoms with E-state index in [2.05, 4.69) is 34.3 Å². The fraction of sp³-hybridized carbons (Fsp3) is 0.409. The Labute approximate surface area is 167 Å². The summed E-state index contributed by atoms with van der Waals surface area (Å²) in [5, 5.41) is 7.14.